The fourth-order valence-electron chi connectivity index (χ4n) is 0.681. The van der Waals surface area contributed by atoms with Crippen LogP contribution in [0.3, 0.4) is 0 Å². The van der Waals surface area contributed by atoms with Gasteiger partial charge >= 0.3 is 0 Å². The Morgan fingerprint density at radius 1 is 2.00 bits per heavy atom. The Labute approximate surface area is 48.1 Å². The lowest BCUT2D eigenvalue weighted by Gasteiger charge is -2.18. The van der Waals surface area contributed by atoms with Crippen molar-refractivity contribution in [3.63, 3.8) is 0 Å². The Hall–Kier alpha value is -0.370. The van der Waals surface area contributed by atoms with E-state index in [-0.39, 0.29) is 11.9 Å². The van der Waals surface area contributed by atoms with Gasteiger partial charge in [0.1, 0.15) is 5.83 Å². The van der Waals surface area contributed by atoms with Gasteiger partial charge in [-0.1, -0.05) is 0 Å². The maximum absolute atomic E-state index is 11.9. The molecule has 2 heteroatoms. The molecule has 1 aliphatic carbocycles. The third kappa shape index (κ3) is 1.07. The fraction of sp³-hybridized carbons (Fsp3) is 0.667. The van der Waals surface area contributed by atoms with Gasteiger partial charge in [0.05, 0.1) is 6.10 Å². The summed E-state index contributed by atoms with van der Waals surface area (Å²) >= 11 is 0. The maximum atomic E-state index is 11.9. The van der Waals surface area contributed by atoms with Gasteiger partial charge < -0.3 is 4.74 Å². The molecule has 1 aliphatic rings. The normalized spacial score (nSPS) is 26.8. The van der Waals surface area contributed by atoms with Crippen LogP contribution >= 0.6 is 0 Å². The Balaban J connectivity index is 2.16. The van der Waals surface area contributed by atoms with Crippen LogP contribution in [0.1, 0.15) is 13.3 Å². The second-order valence-electron chi connectivity index (χ2n) is 1.81. The highest BCUT2D eigenvalue weighted by Crippen LogP contribution is 2.22. The van der Waals surface area contributed by atoms with Gasteiger partial charge in [-0.15, -0.1) is 0 Å². The highest BCUT2D eigenvalue weighted by Gasteiger charge is 2.17. The first-order valence-electron chi connectivity index (χ1n) is 2.80. The molecule has 0 aliphatic heterocycles. The molecule has 0 spiro atoms. The van der Waals surface area contributed by atoms with Gasteiger partial charge in [0.25, 0.3) is 0 Å². The quantitative estimate of drug-likeness (QED) is 0.533. The van der Waals surface area contributed by atoms with Crippen LogP contribution in [0.25, 0.3) is 0 Å². The first-order valence-corrected chi connectivity index (χ1v) is 2.80. The molecule has 0 fully saturated rings. The minimum Gasteiger partial charge on any atom is -0.374 e. The Morgan fingerprint density at radius 3 is 3.00 bits per heavy atom. The fourth-order valence-corrected chi connectivity index (χ4v) is 0.681. The van der Waals surface area contributed by atoms with Gasteiger partial charge in [-0.2, -0.15) is 0 Å². The minimum absolute atomic E-state index is 0.0385. The van der Waals surface area contributed by atoms with Crippen molar-refractivity contribution in [1.29, 1.82) is 0 Å². The summed E-state index contributed by atoms with van der Waals surface area (Å²) in [5.41, 5.74) is 0. The van der Waals surface area contributed by atoms with E-state index in [0.717, 1.165) is 0 Å². The standard InChI is InChI=1S/C6H9FO/c1-2-8-6-3-5(7)4-6/h3,6H,2,4H2,1H3. The first kappa shape index (κ1) is 5.76. The van der Waals surface area contributed by atoms with Crippen LogP contribution in [0, 0.1) is 0 Å². The van der Waals surface area contributed by atoms with Crippen molar-refractivity contribution in [3.8, 4) is 0 Å². The van der Waals surface area contributed by atoms with E-state index in [9.17, 15) is 4.39 Å². The van der Waals surface area contributed by atoms with E-state index in [0.29, 0.717) is 13.0 Å². The Kier molecular flexibility index (Phi) is 1.63. The largest absolute Gasteiger partial charge is 0.374 e. The van der Waals surface area contributed by atoms with E-state index in [1.54, 1.807) is 0 Å². The third-order valence-corrected chi connectivity index (χ3v) is 1.14. The third-order valence-electron chi connectivity index (χ3n) is 1.14. The summed E-state index contributed by atoms with van der Waals surface area (Å²) in [6.45, 7) is 2.58. The SMILES string of the molecule is CCOC1C=C(F)C1. The zero-order valence-corrected chi connectivity index (χ0v) is 4.86. The van der Waals surface area contributed by atoms with Crippen molar-refractivity contribution in [2.24, 2.45) is 0 Å². The van der Waals surface area contributed by atoms with Gasteiger partial charge in [-0.3, -0.25) is 0 Å². The van der Waals surface area contributed by atoms with Gasteiger partial charge in [-0.25, -0.2) is 4.39 Å². The molecule has 0 aromatic carbocycles. The van der Waals surface area contributed by atoms with Gasteiger partial charge in [-0.05, 0) is 13.0 Å². The number of hydrogen-bond acceptors (Lipinski definition) is 1. The predicted octanol–water partition coefficient (Wildman–Crippen LogP) is 1.65. The monoisotopic (exact) mass is 116 g/mol. The van der Waals surface area contributed by atoms with Crippen molar-refractivity contribution >= 4 is 0 Å². The lowest BCUT2D eigenvalue weighted by Crippen LogP contribution is -2.17. The van der Waals surface area contributed by atoms with Crippen LogP contribution in [-0.2, 0) is 4.74 Å². The lowest BCUT2D eigenvalue weighted by molar-refractivity contribution is 0.0752. The average molecular weight is 116 g/mol. The molecule has 0 heterocycles. The van der Waals surface area contributed by atoms with Crippen molar-refractivity contribution in [3.05, 3.63) is 11.9 Å². The van der Waals surface area contributed by atoms with Crippen molar-refractivity contribution in [1.82, 2.24) is 0 Å². The predicted molar refractivity (Wildman–Crippen MR) is 29.2 cm³/mol. The van der Waals surface area contributed by atoms with Crippen LogP contribution < -0.4 is 0 Å². The summed E-state index contributed by atoms with van der Waals surface area (Å²) in [4.78, 5) is 0. The molecule has 1 rings (SSSR count). The van der Waals surface area contributed by atoms with Crippen LogP contribution in [0.5, 0.6) is 0 Å². The summed E-state index contributed by atoms with van der Waals surface area (Å²) in [6, 6.07) is 0. The smallest absolute Gasteiger partial charge is 0.101 e. The number of ether oxygens (including phenoxy) is 1. The van der Waals surface area contributed by atoms with Crippen molar-refractivity contribution in [2.75, 3.05) is 6.61 Å². The van der Waals surface area contributed by atoms with Crippen molar-refractivity contribution in [2.45, 2.75) is 19.4 Å². The van der Waals surface area contributed by atoms with E-state index >= 15 is 0 Å². The second kappa shape index (κ2) is 2.27. The molecule has 0 amide bonds. The molecule has 0 bridgehead atoms. The molecule has 0 saturated carbocycles. The highest BCUT2D eigenvalue weighted by atomic mass is 19.1. The summed E-state index contributed by atoms with van der Waals surface area (Å²) in [5.74, 6) is -0.0385. The zero-order chi connectivity index (χ0) is 5.98. The molecule has 1 unspecified atom stereocenters. The summed E-state index contributed by atoms with van der Waals surface area (Å²) in [7, 11) is 0. The molecule has 0 N–H and O–H groups in total. The summed E-state index contributed by atoms with van der Waals surface area (Å²) in [6.07, 6.45) is 2.05. The maximum Gasteiger partial charge on any atom is 0.101 e. The summed E-state index contributed by atoms with van der Waals surface area (Å²) in [5, 5.41) is 0. The van der Waals surface area contributed by atoms with E-state index in [2.05, 4.69) is 0 Å². The molecule has 0 aromatic heterocycles. The zero-order valence-electron chi connectivity index (χ0n) is 4.86. The Bertz CT molecular complexity index is 109. The van der Waals surface area contributed by atoms with Crippen molar-refractivity contribution < 1.29 is 9.13 Å². The summed E-state index contributed by atoms with van der Waals surface area (Å²) < 4.78 is 16.9. The minimum atomic E-state index is -0.0385. The van der Waals surface area contributed by atoms with Crippen LogP contribution in [0.2, 0.25) is 0 Å². The highest BCUT2D eigenvalue weighted by molar-refractivity contribution is 5.11. The Morgan fingerprint density at radius 2 is 2.62 bits per heavy atom. The van der Waals surface area contributed by atoms with Gasteiger partial charge in [0.2, 0.25) is 0 Å². The van der Waals surface area contributed by atoms with Crippen LogP contribution in [0.15, 0.2) is 11.9 Å². The van der Waals surface area contributed by atoms with Gasteiger partial charge in [0, 0.05) is 13.0 Å². The van der Waals surface area contributed by atoms with E-state index in [1.165, 1.54) is 6.08 Å². The number of hydrogen-bond donors (Lipinski definition) is 0. The molecule has 46 valence electrons. The number of halogens is 1. The molecule has 0 aromatic rings. The number of rotatable bonds is 2. The van der Waals surface area contributed by atoms with Crippen LogP contribution in [-0.4, -0.2) is 12.7 Å². The van der Waals surface area contributed by atoms with E-state index in [4.69, 9.17) is 4.74 Å². The second-order valence-corrected chi connectivity index (χ2v) is 1.81. The van der Waals surface area contributed by atoms with E-state index in [1.807, 2.05) is 6.92 Å². The molecule has 1 nitrogen and oxygen atoms in total. The van der Waals surface area contributed by atoms with E-state index < -0.39 is 0 Å². The molecule has 0 saturated heterocycles. The molecule has 0 radical (unpaired) electrons. The lowest BCUT2D eigenvalue weighted by atomic mass is 10.1. The van der Waals surface area contributed by atoms with Crippen LogP contribution in [0.4, 0.5) is 4.39 Å². The molecular weight excluding hydrogens is 107 g/mol. The first-order chi connectivity index (χ1) is 3.83. The average Bonchev–Trinajstić information content (AvgIpc) is 1.64. The molecule has 8 heavy (non-hydrogen) atoms. The topological polar surface area (TPSA) is 9.23 Å². The molecule has 1 atom stereocenters. The molecular formula is C6H9FO. The van der Waals surface area contributed by atoms with Gasteiger partial charge in [0.15, 0.2) is 0 Å².